The summed E-state index contributed by atoms with van der Waals surface area (Å²) >= 11 is 0. The Labute approximate surface area is 131 Å². The van der Waals surface area contributed by atoms with E-state index in [4.69, 9.17) is 4.42 Å². The van der Waals surface area contributed by atoms with Crippen LogP contribution in [0.5, 0.6) is 0 Å². The fourth-order valence-corrected chi connectivity index (χ4v) is 2.26. The SMILES string of the molecule is CC(C)N(Cc1ccc(C(C)(C)O)o1)Cc1ccccc1F. The van der Waals surface area contributed by atoms with Gasteiger partial charge in [-0.05, 0) is 45.9 Å². The molecule has 0 bridgehead atoms. The maximum Gasteiger partial charge on any atom is 0.135 e. The minimum atomic E-state index is -0.994. The molecule has 0 atom stereocenters. The van der Waals surface area contributed by atoms with Crippen molar-refractivity contribution in [3.63, 3.8) is 0 Å². The standard InChI is InChI=1S/C18H24FNO2/c1-13(2)20(11-14-7-5-6-8-16(14)19)12-15-9-10-17(22-15)18(3,4)21/h5-10,13,21H,11-12H2,1-4H3. The normalized spacial score (nSPS) is 12.4. The third-order valence-electron chi connectivity index (χ3n) is 3.69. The molecule has 0 aliphatic rings. The van der Waals surface area contributed by atoms with Gasteiger partial charge < -0.3 is 9.52 Å². The molecule has 1 N–H and O–H groups in total. The molecule has 0 unspecified atom stereocenters. The maximum atomic E-state index is 13.8. The molecule has 0 saturated heterocycles. The fourth-order valence-electron chi connectivity index (χ4n) is 2.26. The summed E-state index contributed by atoms with van der Waals surface area (Å²) in [6.45, 7) is 8.61. The number of aliphatic hydroxyl groups is 1. The van der Waals surface area contributed by atoms with E-state index in [-0.39, 0.29) is 11.9 Å². The van der Waals surface area contributed by atoms with E-state index in [0.717, 1.165) is 5.76 Å². The lowest BCUT2D eigenvalue weighted by atomic mass is 10.1. The molecule has 22 heavy (non-hydrogen) atoms. The largest absolute Gasteiger partial charge is 0.462 e. The highest BCUT2D eigenvalue weighted by molar-refractivity contribution is 5.18. The van der Waals surface area contributed by atoms with Crippen LogP contribution in [0.2, 0.25) is 0 Å². The van der Waals surface area contributed by atoms with E-state index in [9.17, 15) is 9.50 Å². The summed E-state index contributed by atoms with van der Waals surface area (Å²) in [6.07, 6.45) is 0. The van der Waals surface area contributed by atoms with E-state index in [0.29, 0.717) is 24.4 Å². The van der Waals surface area contributed by atoms with Crippen LogP contribution in [0.15, 0.2) is 40.8 Å². The summed E-state index contributed by atoms with van der Waals surface area (Å²) in [5.74, 6) is 1.11. The Bertz CT molecular complexity index is 614. The van der Waals surface area contributed by atoms with Gasteiger partial charge in [-0.2, -0.15) is 0 Å². The van der Waals surface area contributed by atoms with Crippen molar-refractivity contribution in [1.29, 1.82) is 0 Å². The Morgan fingerprint density at radius 1 is 1.14 bits per heavy atom. The second kappa shape index (κ2) is 6.63. The first-order chi connectivity index (χ1) is 10.3. The Balaban J connectivity index is 2.13. The van der Waals surface area contributed by atoms with Crippen molar-refractivity contribution < 1.29 is 13.9 Å². The summed E-state index contributed by atoms with van der Waals surface area (Å²) < 4.78 is 19.5. The van der Waals surface area contributed by atoms with Crippen LogP contribution in [-0.2, 0) is 18.7 Å². The molecule has 0 fully saturated rings. The van der Waals surface area contributed by atoms with Gasteiger partial charge in [0.05, 0.1) is 6.54 Å². The molecule has 2 aromatic rings. The van der Waals surface area contributed by atoms with E-state index >= 15 is 0 Å². The molecule has 0 spiro atoms. The third kappa shape index (κ3) is 4.18. The molecule has 0 aliphatic carbocycles. The highest BCUT2D eigenvalue weighted by Gasteiger charge is 2.21. The zero-order chi connectivity index (χ0) is 16.3. The Kier molecular flexibility index (Phi) is 5.04. The van der Waals surface area contributed by atoms with Crippen molar-refractivity contribution in [1.82, 2.24) is 4.90 Å². The maximum absolute atomic E-state index is 13.8. The lowest BCUT2D eigenvalue weighted by Crippen LogP contribution is -2.30. The lowest BCUT2D eigenvalue weighted by molar-refractivity contribution is 0.0511. The van der Waals surface area contributed by atoms with E-state index < -0.39 is 5.60 Å². The number of halogens is 1. The first kappa shape index (κ1) is 16.7. The highest BCUT2D eigenvalue weighted by Crippen LogP contribution is 2.23. The molecule has 3 nitrogen and oxygen atoms in total. The molecule has 1 aromatic heterocycles. The minimum absolute atomic E-state index is 0.190. The first-order valence-corrected chi connectivity index (χ1v) is 7.56. The summed E-state index contributed by atoms with van der Waals surface area (Å²) in [4.78, 5) is 2.13. The third-order valence-corrected chi connectivity index (χ3v) is 3.69. The van der Waals surface area contributed by atoms with Gasteiger partial charge in [-0.3, -0.25) is 4.90 Å². The summed E-state index contributed by atoms with van der Waals surface area (Å²) in [5.41, 5.74) is -0.322. The molecule has 0 aliphatic heterocycles. The zero-order valence-electron chi connectivity index (χ0n) is 13.6. The Morgan fingerprint density at radius 2 is 1.82 bits per heavy atom. The monoisotopic (exact) mass is 305 g/mol. The van der Waals surface area contributed by atoms with Crippen LogP contribution in [0.4, 0.5) is 4.39 Å². The Morgan fingerprint density at radius 3 is 2.36 bits per heavy atom. The molecule has 120 valence electrons. The molecule has 2 rings (SSSR count). The van der Waals surface area contributed by atoms with Crippen LogP contribution < -0.4 is 0 Å². The van der Waals surface area contributed by atoms with Crippen molar-refractivity contribution in [2.24, 2.45) is 0 Å². The molecule has 0 saturated carbocycles. The summed E-state index contributed by atoms with van der Waals surface area (Å²) in [6, 6.07) is 10.7. The van der Waals surface area contributed by atoms with Crippen LogP contribution >= 0.6 is 0 Å². The number of benzene rings is 1. The molecule has 1 heterocycles. The first-order valence-electron chi connectivity index (χ1n) is 7.56. The number of rotatable bonds is 6. The molecular weight excluding hydrogens is 281 g/mol. The number of hydrogen-bond acceptors (Lipinski definition) is 3. The minimum Gasteiger partial charge on any atom is -0.462 e. The predicted molar refractivity (Wildman–Crippen MR) is 84.7 cm³/mol. The zero-order valence-corrected chi connectivity index (χ0v) is 13.6. The van der Waals surface area contributed by atoms with Crippen LogP contribution in [0.3, 0.4) is 0 Å². The predicted octanol–water partition coefficient (Wildman–Crippen LogP) is 4.06. The highest BCUT2D eigenvalue weighted by atomic mass is 19.1. The van der Waals surface area contributed by atoms with E-state index in [1.807, 2.05) is 12.1 Å². The van der Waals surface area contributed by atoms with Gasteiger partial charge in [-0.15, -0.1) is 0 Å². The molecule has 4 heteroatoms. The van der Waals surface area contributed by atoms with Gasteiger partial charge in [0.25, 0.3) is 0 Å². The van der Waals surface area contributed by atoms with Gasteiger partial charge in [0.1, 0.15) is 22.9 Å². The van der Waals surface area contributed by atoms with E-state index in [2.05, 4.69) is 18.7 Å². The molecule has 0 radical (unpaired) electrons. The van der Waals surface area contributed by atoms with Crippen molar-refractivity contribution in [2.75, 3.05) is 0 Å². The van der Waals surface area contributed by atoms with Crippen LogP contribution in [0, 0.1) is 5.82 Å². The van der Waals surface area contributed by atoms with Crippen molar-refractivity contribution in [3.8, 4) is 0 Å². The second-order valence-corrected chi connectivity index (χ2v) is 6.42. The summed E-state index contributed by atoms with van der Waals surface area (Å²) in [7, 11) is 0. The quantitative estimate of drug-likeness (QED) is 0.874. The van der Waals surface area contributed by atoms with Crippen molar-refractivity contribution in [3.05, 3.63) is 59.3 Å². The lowest BCUT2D eigenvalue weighted by Gasteiger charge is -2.25. The Hall–Kier alpha value is -1.65. The van der Waals surface area contributed by atoms with Gasteiger partial charge >= 0.3 is 0 Å². The average molecular weight is 305 g/mol. The number of furan rings is 1. The number of hydrogen-bond donors (Lipinski definition) is 1. The van der Waals surface area contributed by atoms with Crippen molar-refractivity contribution >= 4 is 0 Å². The van der Waals surface area contributed by atoms with Gasteiger partial charge in [0.15, 0.2) is 0 Å². The van der Waals surface area contributed by atoms with Crippen LogP contribution in [0.25, 0.3) is 0 Å². The molecular formula is C18H24FNO2. The number of nitrogens with zero attached hydrogens (tertiary/aromatic N) is 1. The summed E-state index contributed by atoms with van der Waals surface area (Å²) in [5, 5.41) is 9.96. The topological polar surface area (TPSA) is 36.6 Å². The van der Waals surface area contributed by atoms with Crippen LogP contribution in [-0.4, -0.2) is 16.0 Å². The fraction of sp³-hybridized carbons (Fsp3) is 0.444. The van der Waals surface area contributed by atoms with Gasteiger partial charge in [-0.25, -0.2) is 4.39 Å². The van der Waals surface area contributed by atoms with E-state index in [1.54, 1.807) is 32.0 Å². The van der Waals surface area contributed by atoms with Crippen molar-refractivity contribution in [2.45, 2.75) is 52.4 Å². The van der Waals surface area contributed by atoms with Gasteiger partial charge in [-0.1, -0.05) is 18.2 Å². The van der Waals surface area contributed by atoms with Gasteiger partial charge in [0.2, 0.25) is 0 Å². The second-order valence-electron chi connectivity index (χ2n) is 6.42. The smallest absolute Gasteiger partial charge is 0.135 e. The van der Waals surface area contributed by atoms with Gasteiger partial charge in [0, 0.05) is 18.2 Å². The van der Waals surface area contributed by atoms with E-state index in [1.165, 1.54) is 6.07 Å². The van der Waals surface area contributed by atoms with Crippen LogP contribution in [0.1, 0.15) is 44.8 Å². The average Bonchev–Trinajstić information content (AvgIpc) is 2.89. The molecule has 1 aromatic carbocycles. The molecule has 0 amide bonds.